The summed E-state index contributed by atoms with van der Waals surface area (Å²) in [6, 6.07) is 37.1. The molecule has 31 heteroatoms. The predicted molar refractivity (Wildman–Crippen MR) is 363 cm³/mol. The average molecular weight is 1420 g/mol. The quantitative estimate of drug-likeness (QED) is 0.0187. The Labute approximate surface area is 573 Å². The van der Waals surface area contributed by atoms with Crippen LogP contribution in [0.25, 0.3) is 100 Å². The van der Waals surface area contributed by atoms with Gasteiger partial charge in [-0.1, -0.05) is 18.2 Å². The number of hydrogen-bond acceptors (Lipinski definition) is 21. The van der Waals surface area contributed by atoms with Crippen LogP contribution in [0.2, 0.25) is 0 Å². The van der Waals surface area contributed by atoms with Gasteiger partial charge in [-0.2, -0.15) is 8.42 Å². The van der Waals surface area contributed by atoms with E-state index in [0.29, 0.717) is 54.6 Å². The summed E-state index contributed by atoms with van der Waals surface area (Å²) in [7, 11) is -4.27. The predicted octanol–water partition coefficient (Wildman–Crippen LogP) is 8.70. The highest BCUT2D eigenvalue weighted by Gasteiger charge is 2.34. The summed E-state index contributed by atoms with van der Waals surface area (Å²) in [5.41, 5.74) is 2.30. The third-order valence-corrected chi connectivity index (χ3v) is 17.0. The summed E-state index contributed by atoms with van der Waals surface area (Å²) in [6.45, 7) is -0.416. The Morgan fingerprint density at radius 3 is 1.13 bits per heavy atom. The van der Waals surface area contributed by atoms with E-state index in [4.69, 9.17) is 27.2 Å². The average Bonchev–Trinajstić information content (AvgIpc) is 0.834. The van der Waals surface area contributed by atoms with Gasteiger partial charge in [-0.05, 0) is 126 Å². The van der Waals surface area contributed by atoms with E-state index in [1.165, 1.54) is 133 Å². The second-order valence-electron chi connectivity index (χ2n) is 22.4. The molecule has 0 saturated carbocycles. The fraction of sp³-hybridized carbons (Fsp3) is 0.0845. The summed E-state index contributed by atoms with van der Waals surface area (Å²) in [5, 5.41) is 65.9. The van der Waals surface area contributed by atoms with Crippen molar-refractivity contribution in [1.82, 2.24) is 15.7 Å². The fourth-order valence-corrected chi connectivity index (χ4v) is 11.9. The van der Waals surface area contributed by atoms with Gasteiger partial charge in [0, 0.05) is 123 Å². The van der Waals surface area contributed by atoms with E-state index in [1.54, 1.807) is 18.2 Å². The first-order valence-corrected chi connectivity index (χ1v) is 32.8. The van der Waals surface area contributed by atoms with Crippen molar-refractivity contribution in [3.05, 3.63) is 228 Å². The highest BCUT2D eigenvalue weighted by molar-refractivity contribution is 7.85. The van der Waals surface area contributed by atoms with Gasteiger partial charge in [0.05, 0.1) is 33.8 Å². The van der Waals surface area contributed by atoms with Crippen LogP contribution >= 0.6 is 0 Å². The molecule has 6 aromatic rings. The zero-order valence-electron chi connectivity index (χ0n) is 52.0. The Morgan fingerprint density at radius 1 is 0.451 bits per heavy atom. The molecule has 10 N–H and O–H groups in total. The fourth-order valence-electron chi connectivity index (χ4n) is 11.2. The number of hydroxylamine groups is 2. The Morgan fingerprint density at radius 2 is 0.784 bits per heavy atom. The summed E-state index contributed by atoms with van der Waals surface area (Å²) < 4.78 is 67.4. The molecular weight excluding hydrogens is 1370 g/mol. The maximum Gasteiger partial charge on any atom is 0.363 e. The number of phenolic OH excluding ortho intramolecular Hbond substituents is 3. The molecule has 1 atom stereocenters. The number of aromatic hydroxyl groups is 3. The Bertz CT molecular complexity index is 5740. The van der Waals surface area contributed by atoms with Crippen molar-refractivity contribution in [3.63, 3.8) is 0 Å². The van der Waals surface area contributed by atoms with Crippen molar-refractivity contribution in [2.45, 2.75) is 12.8 Å². The van der Waals surface area contributed by atoms with Gasteiger partial charge < -0.3 is 63.9 Å². The molecule has 0 spiro atoms. The van der Waals surface area contributed by atoms with Crippen molar-refractivity contribution in [1.29, 1.82) is 0 Å². The lowest BCUT2D eigenvalue weighted by molar-refractivity contribution is -0.172. The molecular formula is C71H49N3O26S2. The van der Waals surface area contributed by atoms with E-state index in [1.807, 2.05) is 0 Å². The van der Waals surface area contributed by atoms with Gasteiger partial charge >= 0.3 is 23.9 Å². The lowest BCUT2D eigenvalue weighted by atomic mass is 9.90. The maximum atomic E-state index is 12.6. The summed E-state index contributed by atoms with van der Waals surface area (Å²) >= 11 is -2.07. The normalized spacial score (nSPS) is 12.4. The Kier molecular flexibility index (Phi) is 19.7. The lowest BCUT2D eigenvalue weighted by Gasteiger charge is -2.17. The minimum absolute atomic E-state index is 0.0368. The van der Waals surface area contributed by atoms with Crippen molar-refractivity contribution in [2.75, 3.05) is 24.6 Å². The molecule has 102 heavy (non-hydrogen) atoms. The number of amides is 4. The minimum Gasteiger partial charge on any atom is -0.508 e. The SMILES string of the molecule is O=C(NCCS(=O)(=O)O)c1ccc(-c2c3ccc(=O)cc-3oc3cc(O)ccc23)c(C(=O)O)c1.O=C(NCCS(=O)O)c1ccc(-c2c3ccc(=O)cc-3oc3cc(O)ccc23)c(C(=O)O)c1.O=C(ON1C(=O)CCC1=O)c1ccc(-c2c3ccc(=O)cc-3oc3cc(O)ccc23)c(C(=O)O)c1. The molecule has 516 valence electrons. The molecule has 4 amide bonds. The molecule has 29 nitrogen and oxygen atoms in total. The van der Waals surface area contributed by atoms with Crippen molar-refractivity contribution < 1.29 is 109 Å². The maximum absolute atomic E-state index is 12.6. The van der Waals surface area contributed by atoms with Gasteiger partial charge in [0.2, 0.25) is 0 Å². The Hall–Kier alpha value is -13.2. The molecule has 0 bridgehead atoms. The van der Waals surface area contributed by atoms with Crippen molar-refractivity contribution in [2.24, 2.45) is 0 Å². The van der Waals surface area contributed by atoms with Crippen LogP contribution in [0.3, 0.4) is 0 Å². The highest BCUT2D eigenvalue weighted by Crippen LogP contribution is 2.46. The van der Waals surface area contributed by atoms with E-state index >= 15 is 0 Å². The van der Waals surface area contributed by atoms with E-state index in [0.717, 1.165) is 12.1 Å². The summed E-state index contributed by atoms with van der Waals surface area (Å²) in [6.07, 6.45) is -0.156. The molecule has 3 aliphatic carbocycles. The second kappa shape index (κ2) is 28.7. The number of hydrogen-bond donors (Lipinski definition) is 10. The van der Waals surface area contributed by atoms with Gasteiger partial charge in [0.15, 0.2) is 27.4 Å². The number of rotatable bonds is 16. The summed E-state index contributed by atoms with van der Waals surface area (Å²) in [4.78, 5) is 138. The number of benzene rings is 9. The molecule has 13 rings (SSSR count). The number of aromatic carboxylic acids is 3. The van der Waals surface area contributed by atoms with E-state index in [2.05, 4.69) is 10.6 Å². The molecule has 6 aromatic carbocycles. The molecule has 1 saturated heterocycles. The van der Waals surface area contributed by atoms with E-state index < -0.39 is 74.5 Å². The number of nitrogens with one attached hydrogen (secondary N) is 2. The van der Waals surface area contributed by atoms with Gasteiger partial charge in [0.25, 0.3) is 33.7 Å². The van der Waals surface area contributed by atoms with Crippen LogP contribution in [-0.2, 0) is 35.6 Å². The van der Waals surface area contributed by atoms with Gasteiger partial charge in [0.1, 0.15) is 51.3 Å². The Balaban J connectivity index is 0.000000154. The monoisotopic (exact) mass is 1420 g/mol. The third-order valence-electron chi connectivity index (χ3n) is 15.7. The van der Waals surface area contributed by atoms with E-state index in [-0.39, 0.29) is 149 Å². The number of carboxylic acid groups (broad SMARTS) is 3. The van der Waals surface area contributed by atoms with Crippen LogP contribution in [0.1, 0.15) is 75.0 Å². The van der Waals surface area contributed by atoms with Gasteiger partial charge in [-0.15, -0.1) is 5.06 Å². The smallest absolute Gasteiger partial charge is 0.363 e. The molecule has 4 aliphatic heterocycles. The zero-order valence-corrected chi connectivity index (χ0v) is 53.7. The lowest BCUT2D eigenvalue weighted by Crippen LogP contribution is -2.32. The third kappa shape index (κ3) is 15.1. The largest absolute Gasteiger partial charge is 0.508 e. The molecule has 1 unspecified atom stereocenters. The number of carbonyl (C=O) groups is 8. The van der Waals surface area contributed by atoms with E-state index in [9.17, 15) is 96.0 Å². The molecule has 1 fully saturated rings. The van der Waals surface area contributed by atoms with Crippen LogP contribution in [0.4, 0.5) is 0 Å². The van der Waals surface area contributed by atoms with Crippen LogP contribution in [0, 0.1) is 0 Å². The van der Waals surface area contributed by atoms with Crippen LogP contribution in [-0.4, -0.2) is 130 Å². The van der Waals surface area contributed by atoms with Gasteiger partial charge in [-0.3, -0.25) is 38.1 Å². The zero-order chi connectivity index (χ0) is 73.2. The van der Waals surface area contributed by atoms with Gasteiger partial charge in [-0.25, -0.2) is 23.4 Å². The van der Waals surface area contributed by atoms with Crippen LogP contribution in [0.15, 0.2) is 191 Å². The number of carbonyl (C=O) groups excluding carboxylic acids is 5. The topological polar surface area (TPSA) is 477 Å². The molecule has 4 heterocycles. The number of phenols is 3. The first-order valence-electron chi connectivity index (χ1n) is 29.9. The molecule has 7 aliphatic rings. The number of fused-ring (bicyclic) bond motifs is 6. The summed E-state index contributed by atoms with van der Waals surface area (Å²) in [5.74, 6) is -8.19. The molecule has 0 radical (unpaired) electrons. The number of nitrogens with zero attached hydrogens (tertiary/aromatic N) is 1. The van der Waals surface area contributed by atoms with Crippen LogP contribution < -0.4 is 26.9 Å². The minimum atomic E-state index is -4.27. The number of imide groups is 1. The van der Waals surface area contributed by atoms with Crippen LogP contribution in [0.5, 0.6) is 17.2 Å². The number of carboxylic acids is 3. The standard InChI is InChI=1S/C25H15NO9.C23H17NO9S.C23H17NO8S/c27-13-2-5-16-19(10-13)34-20-11-14(28)3-6-17(20)23(16)15-4-1-12(9-18(15)24(31)32)25(33)35-26-21(29)7-8-22(26)30;25-13-2-5-16-19(10-13)33-20-11-14(26)3-6-17(20)21(16)15-4-1-12(9-18(15)23(28)29)22(27)24-7-8-34(30,31)32;25-13-2-5-16-19(10-13)32-20-11-14(26)3-6-17(20)21(16)15-4-1-12(9-18(15)23(28)29)22(27)24-7-8-33(30)31/h1-6,9-11,27H,7-8H2,(H,31,32);1-6,9-11,25H,7-8H2,(H,24,27)(H,28,29)(H,30,31,32);1-6,9-11,25H,7-8H2,(H,24,27)(H,28,29)(H,30,31). The highest BCUT2D eigenvalue weighted by atomic mass is 32.2. The first kappa shape index (κ1) is 70.1. The first-order chi connectivity index (χ1) is 48.5. The molecule has 0 aromatic heterocycles. The van der Waals surface area contributed by atoms with Crippen molar-refractivity contribution >= 4 is 102 Å². The van der Waals surface area contributed by atoms with Crippen molar-refractivity contribution in [3.8, 4) is 84.6 Å². The second-order valence-corrected chi connectivity index (χ2v) is 25.1.